The molecule has 0 unspecified atom stereocenters. The van der Waals surface area contributed by atoms with Crippen molar-refractivity contribution in [3.8, 4) is 0 Å². The molecule has 1 aliphatic rings. The highest BCUT2D eigenvalue weighted by Crippen LogP contribution is 2.18. The molecule has 0 aliphatic carbocycles. The zero-order valence-electron chi connectivity index (χ0n) is 9.07. The minimum Gasteiger partial charge on any atom is -0.375 e. The number of aromatic nitrogens is 1. The predicted octanol–water partition coefficient (Wildman–Crippen LogP) is 0.549. The van der Waals surface area contributed by atoms with Crippen LogP contribution in [0.25, 0.3) is 0 Å². The molecule has 2 heterocycles. The molecule has 0 amide bonds. The van der Waals surface area contributed by atoms with Crippen LogP contribution < -0.4 is 10.6 Å². The third-order valence-corrected chi connectivity index (χ3v) is 2.66. The number of rotatable bonds is 3. The summed E-state index contributed by atoms with van der Waals surface area (Å²) in [4.78, 5) is 6.64. The van der Waals surface area contributed by atoms with Crippen LogP contribution in [0.1, 0.15) is 11.3 Å². The molecular weight excluding hydrogens is 190 g/mol. The molecule has 15 heavy (non-hydrogen) atoms. The Morgan fingerprint density at radius 1 is 1.53 bits per heavy atom. The summed E-state index contributed by atoms with van der Waals surface area (Å²) in [7, 11) is 2.01. The van der Waals surface area contributed by atoms with Crippen LogP contribution in [0.2, 0.25) is 0 Å². The summed E-state index contributed by atoms with van der Waals surface area (Å²) in [6.45, 7) is 2.92. The van der Waals surface area contributed by atoms with Gasteiger partial charge in [-0.05, 0) is 18.1 Å². The van der Waals surface area contributed by atoms with Crippen molar-refractivity contribution in [2.45, 2.75) is 13.0 Å². The topological polar surface area (TPSA) is 51.4 Å². The van der Waals surface area contributed by atoms with Crippen molar-refractivity contribution in [1.29, 1.82) is 0 Å². The predicted molar refractivity (Wildman–Crippen MR) is 59.9 cm³/mol. The molecule has 1 aliphatic heterocycles. The van der Waals surface area contributed by atoms with Gasteiger partial charge in [-0.3, -0.25) is 0 Å². The number of nitrogens with zero attached hydrogens (tertiary/aromatic N) is 2. The maximum atomic E-state index is 5.51. The molecule has 2 N–H and O–H groups in total. The highest BCUT2D eigenvalue weighted by Gasteiger charge is 2.12. The second-order valence-electron chi connectivity index (χ2n) is 3.79. The van der Waals surface area contributed by atoms with Crippen molar-refractivity contribution in [3.05, 3.63) is 23.4 Å². The van der Waals surface area contributed by atoms with Crippen molar-refractivity contribution in [2.75, 3.05) is 31.6 Å². The molecular formula is C11H17N3O. The minimum atomic E-state index is 0.639. The molecule has 0 fully saturated rings. The zero-order valence-corrected chi connectivity index (χ0v) is 9.07. The molecule has 0 saturated carbocycles. The van der Waals surface area contributed by atoms with Gasteiger partial charge in [0.2, 0.25) is 0 Å². The van der Waals surface area contributed by atoms with Crippen LogP contribution in [0.15, 0.2) is 12.1 Å². The molecule has 0 atom stereocenters. The van der Waals surface area contributed by atoms with Gasteiger partial charge < -0.3 is 15.4 Å². The van der Waals surface area contributed by atoms with Gasteiger partial charge in [-0.1, -0.05) is 6.07 Å². The largest absolute Gasteiger partial charge is 0.375 e. The molecule has 0 spiro atoms. The van der Waals surface area contributed by atoms with Crippen LogP contribution in [0.4, 0.5) is 5.82 Å². The summed E-state index contributed by atoms with van der Waals surface area (Å²) in [5.74, 6) is 0.977. The molecule has 4 nitrogen and oxygen atoms in total. The number of pyridine rings is 1. The summed E-state index contributed by atoms with van der Waals surface area (Å²) in [6.07, 6.45) is 0.975. The molecule has 0 bridgehead atoms. The van der Waals surface area contributed by atoms with Crippen LogP contribution in [-0.2, 0) is 17.8 Å². The minimum absolute atomic E-state index is 0.639. The lowest BCUT2D eigenvalue weighted by Gasteiger charge is -2.21. The lowest BCUT2D eigenvalue weighted by Crippen LogP contribution is -2.26. The van der Waals surface area contributed by atoms with Crippen LogP contribution in [0.3, 0.4) is 0 Å². The van der Waals surface area contributed by atoms with Gasteiger partial charge in [-0.2, -0.15) is 0 Å². The molecule has 0 radical (unpaired) electrons. The van der Waals surface area contributed by atoms with Crippen molar-refractivity contribution >= 4 is 5.82 Å². The van der Waals surface area contributed by atoms with E-state index in [4.69, 9.17) is 10.5 Å². The fourth-order valence-corrected chi connectivity index (χ4v) is 1.74. The lowest BCUT2D eigenvalue weighted by molar-refractivity contribution is 0.107. The van der Waals surface area contributed by atoms with Gasteiger partial charge >= 0.3 is 0 Å². The van der Waals surface area contributed by atoms with Crippen LogP contribution >= 0.6 is 0 Å². The van der Waals surface area contributed by atoms with Crippen LogP contribution in [-0.4, -0.2) is 31.7 Å². The quantitative estimate of drug-likeness (QED) is 0.786. The summed E-state index contributed by atoms with van der Waals surface area (Å²) in [5.41, 5.74) is 7.89. The van der Waals surface area contributed by atoms with Crippen LogP contribution in [0, 0.1) is 0 Å². The molecule has 2 rings (SSSR count). The first-order chi connectivity index (χ1) is 7.31. The van der Waals surface area contributed by atoms with E-state index in [2.05, 4.69) is 22.0 Å². The number of fused-ring (bicyclic) bond motifs is 1. The van der Waals surface area contributed by atoms with E-state index < -0.39 is 0 Å². The Morgan fingerprint density at radius 2 is 2.40 bits per heavy atom. The Bertz CT molecular complexity index is 341. The number of hydrogen-bond acceptors (Lipinski definition) is 4. The van der Waals surface area contributed by atoms with Crippen LogP contribution in [0.5, 0.6) is 0 Å². The Morgan fingerprint density at radius 3 is 3.20 bits per heavy atom. The van der Waals surface area contributed by atoms with Gasteiger partial charge in [0.05, 0.1) is 18.9 Å². The van der Waals surface area contributed by atoms with Crippen molar-refractivity contribution in [1.82, 2.24) is 4.98 Å². The summed E-state index contributed by atoms with van der Waals surface area (Å²) in [5, 5.41) is 0. The summed E-state index contributed by atoms with van der Waals surface area (Å²) < 4.78 is 5.38. The number of hydrogen-bond donors (Lipinski definition) is 1. The first-order valence-corrected chi connectivity index (χ1v) is 5.29. The monoisotopic (exact) mass is 207 g/mol. The smallest absolute Gasteiger partial charge is 0.128 e. The standard InChI is InChI=1S/C11H17N3O/c1-14(6-5-12)11-3-2-9-4-7-15-8-10(9)13-11/h2-3H,4-8,12H2,1H3. The van der Waals surface area contributed by atoms with E-state index in [0.29, 0.717) is 13.2 Å². The van der Waals surface area contributed by atoms with Crippen molar-refractivity contribution in [2.24, 2.45) is 5.73 Å². The molecule has 1 aromatic rings. The highest BCUT2D eigenvalue weighted by atomic mass is 16.5. The second-order valence-corrected chi connectivity index (χ2v) is 3.79. The number of anilines is 1. The highest BCUT2D eigenvalue weighted by molar-refractivity contribution is 5.41. The first-order valence-electron chi connectivity index (χ1n) is 5.29. The SMILES string of the molecule is CN(CCN)c1ccc2c(n1)COCC2. The van der Waals surface area contributed by atoms with Gasteiger partial charge in [-0.25, -0.2) is 4.98 Å². The average Bonchev–Trinajstić information content (AvgIpc) is 2.29. The van der Waals surface area contributed by atoms with E-state index in [1.165, 1.54) is 5.56 Å². The van der Waals surface area contributed by atoms with E-state index in [9.17, 15) is 0 Å². The van der Waals surface area contributed by atoms with E-state index in [1.54, 1.807) is 0 Å². The zero-order chi connectivity index (χ0) is 10.7. The molecule has 0 aromatic carbocycles. The Balaban J connectivity index is 2.20. The Kier molecular flexibility index (Phi) is 3.18. The summed E-state index contributed by atoms with van der Waals surface area (Å²) in [6, 6.07) is 4.20. The summed E-state index contributed by atoms with van der Waals surface area (Å²) >= 11 is 0. The maximum absolute atomic E-state index is 5.51. The van der Waals surface area contributed by atoms with Gasteiger partial charge in [-0.15, -0.1) is 0 Å². The van der Waals surface area contributed by atoms with E-state index in [0.717, 1.165) is 31.1 Å². The average molecular weight is 207 g/mol. The van der Waals surface area contributed by atoms with Gasteiger partial charge in [0.25, 0.3) is 0 Å². The second kappa shape index (κ2) is 4.59. The van der Waals surface area contributed by atoms with E-state index >= 15 is 0 Å². The van der Waals surface area contributed by atoms with Gasteiger partial charge in [0, 0.05) is 20.1 Å². The number of nitrogens with two attached hydrogens (primary N) is 1. The third kappa shape index (κ3) is 2.27. The third-order valence-electron chi connectivity index (χ3n) is 2.66. The molecule has 0 saturated heterocycles. The Labute approximate surface area is 90.0 Å². The fraction of sp³-hybridized carbons (Fsp3) is 0.545. The van der Waals surface area contributed by atoms with E-state index in [1.807, 2.05) is 7.05 Å². The molecule has 82 valence electrons. The normalized spacial score (nSPS) is 14.8. The van der Waals surface area contributed by atoms with Gasteiger partial charge in [0.1, 0.15) is 5.82 Å². The number of likely N-dealkylation sites (N-methyl/N-ethyl adjacent to an activating group) is 1. The van der Waals surface area contributed by atoms with Crippen molar-refractivity contribution in [3.63, 3.8) is 0 Å². The van der Waals surface area contributed by atoms with Crippen molar-refractivity contribution < 1.29 is 4.74 Å². The lowest BCUT2D eigenvalue weighted by atomic mass is 10.1. The first kappa shape index (κ1) is 10.4. The fourth-order valence-electron chi connectivity index (χ4n) is 1.74. The Hall–Kier alpha value is -1.13. The molecule has 4 heteroatoms. The maximum Gasteiger partial charge on any atom is 0.128 e. The molecule has 1 aromatic heterocycles. The van der Waals surface area contributed by atoms with E-state index in [-0.39, 0.29) is 0 Å². The van der Waals surface area contributed by atoms with Gasteiger partial charge in [0.15, 0.2) is 0 Å². The number of ether oxygens (including phenoxy) is 1.